The Labute approximate surface area is 196 Å². The van der Waals surface area contributed by atoms with E-state index < -0.39 is 5.82 Å². The van der Waals surface area contributed by atoms with Gasteiger partial charge in [-0.1, -0.05) is 40.9 Å². The van der Waals surface area contributed by atoms with E-state index in [1.54, 1.807) is 14.0 Å². The number of rotatable bonds is 5. The Morgan fingerprint density at radius 1 is 1.19 bits per heavy atom. The zero-order valence-electron chi connectivity index (χ0n) is 16.7. The summed E-state index contributed by atoms with van der Waals surface area (Å²) < 4.78 is 28.0. The molecule has 32 heavy (non-hydrogen) atoms. The highest BCUT2D eigenvalue weighted by Crippen LogP contribution is 2.36. The lowest BCUT2D eigenvalue weighted by Crippen LogP contribution is -1.98. The molecule has 0 atom stereocenters. The van der Waals surface area contributed by atoms with Crippen LogP contribution in [0.15, 0.2) is 34.7 Å². The molecule has 0 aliphatic carbocycles. The largest absolute Gasteiger partial charge is 0.453 e. The monoisotopic (exact) mass is 491 g/mol. The second-order valence-electron chi connectivity index (χ2n) is 6.79. The first-order valence-electron chi connectivity index (χ1n) is 9.14. The number of nitrogens with zero attached hydrogens (tertiary/aromatic N) is 5. The van der Waals surface area contributed by atoms with Crippen LogP contribution in [0.5, 0.6) is 11.5 Å². The van der Waals surface area contributed by atoms with E-state index in [9.17, 15) is 0 Å². The van der Waals surface area contributed by atoms with Crippen molar-refractivity contribution in [2.24, 2.45) is 7.05 Å². The predicted molar refractivity (Wildman–Crippen MR) is 117 cm³/mol. The van der Waals surface area contributed by atoms with Crippen LogP contribution in [0.1, 0.15) is 22.7 Å². The first-order valence-corrected chi connectivity index (χ1v) is 10.3. The van der Waals surface area contributed by atoms with E-state index >= 15 is 4.39 Å². The Morgan fingerprint density at radius 3 is 2.66 bits per heavy atom. The Hall–Kier alpha value is -3.12. The molecule has 0 unspecified atom stereocenters. The molecule has 4 rings (SSSR count). The van der Waals surface area contributed by atoms with Gasteiger partial charge in [-0.05, 0) is 31.2 Å². The van der Waals surface area contributed by atoms with Gasteiger partial charge in [-0.25, -0.2) is 4.39 Å². The van der Waals surface area contributed by atoms with Crippen molar-refractivity contribution in [3.63, 3.8) is 0 Å². The lowest BCUT2D eigenvalue weighted by molar-refractivity contribution is 0.437. The third-order valence-corrected chi connectivity index (χ3v) is 5.47. The van der Waals surface area contributed by atoms with E-state index in [1.807, 2.05) is 6.07 Å². The predicted octanol–water partition coefficient (Wildman–Crippen LogP) is 6.13. The average Bonchev–Trinajstić information content (AvgIpc) is 3.30. The molecule has 0 N–H and O–H groups in total. The molecule has 0 saturated heterocycles. The average molecular weight is 493 g/mol. The second kappa shape index (κ2) is 8.79. The summed E-state index contributed by atoms with van der Waals surface area (Å²) in [6.45, 7) is 1.77. The zero-order valence-corrected chi connectivity index (χ0v) is 18.9. The van der Waals surface area contributed by atoms with Crippen LogP contribution in [0.4, 0.5) is 4.39 Å². The van der Waals surface area contributed by atoms with E-state index in [0.717, 1.165) is 0 Å². The maximum absolute atomic E-state index is 15.2. The summed E-state index contributed by atoms with van der Waals surface area (Å²) in [5.74, 6) is -0.383. The Balaban J connectivity index is 1.63. The minimum absolute atomic E-state index is 0.0116. The van der Waals surface area contributed by atoms with Crippen molar-refractivity contribution in [1.82, 2.24) is 20.0 Å². The van der Waals surface area contributed by atoms with Gasteiger partial charge in [0.1, 0.15) is 10.9 Å². The summed E-state index contributed by atoms with van der Waals surface area (Å²) in [6, 6.07) is 9.29. The quantitative estimate of drug-likeness (QED) is 0.333. The number of halogens is 4. The fourth-order valence-corrected chi connectivity index (χ4v) is 3.73. The molecule has 0 radical (unpaired) electrons. The molecule has 162 valence electrons. The zero-order chi connectivity index (χ0) is 23.0. The first-order chi connectivity index (χ1) is 15.3. The van der Waals surface area contributed by atoms with Gasteiger partial charge < -0.3 is 9.15 Å². The van der Waals surface area contributed by atoms with E-state index in [2.05, 4.69) is 15.3 Å². The van der Waals surface area contributed by atoms with Crippen molar-refractivity contribution in [2.75, 3.05) is 0 Å². The van der Waals surface area contributed by atoms with Crippen LogP contribution in [0.3, 0.4) is 0 Å². The summed E-state index contributed by atoms with van der Waals surface area (Å²) in [6.07, 6.45) is -0.0116. The van der Waals surface area contributed by atoms with Gasteiger partial charge in [0.25, 0.3) is 5.89 Å². The Kier molecular flexibility index (Phi) is 6.07. The number of benzene rings is 2. The molecule has 2 aromatic heterocycles. The standard InChI is InChI=1S/C21H13Cl3FN5O2/c1-10-17(20(24)30(2)29-10)21-28-27-16(32-21)7-12-3-4-15(23)19(18(12)25)31-14-6-11(9-26)5-13(22)8-14/h3-6,8H,7H2,1-2H3. The van der Waals surface area contributed by atoms with Gasteiger partial charge in [-0.3, -0.25) is 4.68 Å². The van der Waals surface area contributed by atoms with Gasteiger partial charge in [0.05, 0.1) is 34.3 Å². The van der Waals surface area contributed by atoms with E-state index in [1.165, 1.54) is 35.0 Å². The molecule has 0 spiro atoms. The molecule has 2 heterocycles. The molecule has 0 saturated carbocycles. The lowest BCUT2D eigenvalue weighted by Gasteiger charge is -2.11. The molecular formula is C21H13Cl3FN5O2. The van der Waals surface area contributed by atoms with Gasteiger partial charge >= 0.3 is 0 Å². The highest BCUT2D eigenvalue weighted by Gasteiger charge is 2.21. The Bertz CT molecular complexity index is 1380. The minimum atomic E-state index is -0.702. The van der Waals surface area contributed by atoms with Crippen LogP contribution in [-0.4, -0.2) is 20.0 Å². The highest BCUT2D eigenvalue weighted by atomic mass is 35.5. The van der Waals surface area contributed by atoms with Gasteiger partial charge in [-0.2, -0.15) is 10.4 Å². The molecule has 11 heteroatoms. The van der Waals surface area contributed by atoms with Crippen molar-refractivity contribution < 1.29 is 13.5 Å². The summed E-state index contributed by atoms with van der Waals surface area (Å²) in [4.78, 5) is 0. The topological polar surface area (TPSA) is 89.8 Å². The van der Waals surface area contributed by atoms with Gasteiger partial charge in [0.15, 0.2) is 11.6 Å². The summed E-state index contributed by atoms with van der Waals surface area (Å²) in [5.41, 5.74) is 1.63. The number of hydrogen-bond donors (Lipinski definition) is 0. The van der Waals surface area contributed by atoms with Crippen molar-refractivity contribution in [3.8, 4) is 29.0 Å². The fraction of sp³-hybridized carbons (Fsp3) is 0.143. The summed E-state index contributed by atoms with van der Waals surface area (Å²) >= 11 is 18.4. The smallest absolute Gasteiger partial charge is 0.252 e. The van der Waals surface area contributed by atoms with Crippen LogP contribution in [0, 0.1) is 24.1 Å². The van der Waals surface area contributed by atoms with Crippen LogP contribution in [0.25, 0.3) is 11.5 Å². The third-order valence-electron chi connectivity index (χ3n) is 4.52. The maximum Gasteiger partial charge on any atom is 0.252 e. The van der Waals surface area contributed by atoms with Gasteiger partial charge in [0, 0.05) is 17.6 Å². The number of nitriles is 1. The molecule has 0 aliphatic rings. The van der Waals surface area contributed by atoms with E-state index in [0.29, 0.717) is 16.4 Å². The minimum Gasteiger partial charge on any atom is -0.453 e. The number of aryl methyl sites for hydroxylation is 2. The number of hydrogen-bond acceptors (Lipinski definition) is 6. The molecular weight excluding hydrogens is 480 g/mol. The highest BCUT2D eigenvalue weighted by molar-refractivity contribution is 6.32. The number of aromatic nitrogens is 4. The third kappa shape index (κ3) is 4.28. The first kappa shape index (κ1) is 22.1. The van der Waals surface area contributed by atoms with Gasteiger partial charge in [-0.15, -0.1) is 10.2 Å². The molecule has 7 nitrogen and oxygen atoms in total. The number of ether oxygens (including phenoxy) is 1. The van der Waals surface area contributed by atoms with Crippen LogP contribution in [0.2, 0.25) is 15.2 Å². The summed E-state index contributed by atoms with van der Waals surface area (Å²) in [5, 5.41) is 22.0. The van der Waals surface area contributed by atoms with Crippen LogP contribution < -0.4 is 4.74 Å². The molecule has 0 amide bonds. The SMILES string of the molecule is Cc1nn(C)c(Cl)c1-c1nnc(Cc2ccc(Cl)c(Oc3cc(Cl)cc(C#N)c3)c2F)o1. The summed E-state index contributed by atoms with van der Waals surface area (Å²) in [7, 11) is 1.69. The second-order valence-corrected chi connectivity index (χ2v) is 7.99. The van der Waals surface area contributed by atoms with Crippen molar-refractivity contribution in [1.29, 1.82) is 5.26 Å². The fourth-order valence-electron chi connectivity index (χ4n) is 3.07. The lowest BCUT2D eigenvalue weighted by atomic mass is 10.1. The Morgan fingerprint density at radius 2 is 1.97 bits per heavy atom. The molecule has 0 fully saturated rings. The van der Waals surface area contributed by atoms with E-state index in [-0.39, 0.29) is 50.9 Å². The molecule has 0 aliphatic heterocycles. The van der Waals surface area contributed by atoms with Crippen molar-refractivity contribution >= 4 is 34.8 Å². The maximum atomic E-state index is 15.2. The van der Waals surface area contributed by atoms with Gasteiger partial charge in [0.2, 0.25) is 5.89 Å². The molecule has 2 aromatic carbocycles. The normalized spacial score (nSPS) is 10.9. The van der Waals surface area contributed by atoms with Crippen molar-refractivity contribution in [2.45, 2.75) is 13.3 Å². The van der Waals surface area contributed by atoms with Crippen LogP contribution >= 0.6 is 34.8 Å². The van der Waals surface area contributed by atoms with E-state index in [4.69, 9.17) is 49.2 Å². The molecule has 0 bridgehead atoms. The molecule has 4 aromatic rings. The van der Waals surface area contributed by atoms with Crippen molar-refractivity contribution in [3.05, 3.63) is 74.1 Å². The van der Waals surface area contributed by atoms with Crippen LogP contribution in [-0.2, 0) is 13.5 Å².